The summed E-state index contributed by atoms with van der Waals surface area (Å²) in [5, 5.41) is 6.71. The van der Waals surface area contributed by atoms with E-state index < -0.39 is 5.54 Å². The van der Waals surface area contributed by atoms with Crippen LogP contribution in [-0.4, -0.2) is 24.5 Å². The highest BCUT2D eigenvalue weighted by Gasteiger charge is 2.38. The van der Waals surface area contributed by atoms with E-state index in [0.29, 0.717) is 24.9 Å². The van der Waals surface area contributed by atoms with Gasteiger partial charge in [-0.15, -0.1) is 0 Å². The Labute approximate surface area is 114 Å². The molecule has 0 heterocycles. The number of nitrogens with zero attached hydrogens (tertiary/aromatic N) is 3. The molecular formula is C13H25N5O. The second kappa shape index (κ2) is 7.36. The van der Waals surface area contributed by atoms with Crippen LogP contribution in [0.5, 0.6) is 0 Å². The molecule has 1 amide bonds. The van der Waals surface area contributed by atoms with Crippen LogP contribution in [0.1, 0.15) is 46.0 Å². The normalized spacial score (nSPS) is 27.6. The first-order valence-electron chi connectivity index (χ1n) is 7.07. The quantitative estimate of drug-likeness (QED) is 0.253. The van der Waals surface area contributed by atoms with E-state index in [1.165, 1.54) is 0 Å². The van der Waals surface area contributed by atoms with Gasteiger partial charge in [-0.1, -0.05) is 31.8 Å². The van der Waals surface area contributed by atoms with Gasteiger partial charge in [0.1, 0.15) is 0 Å². The Kier molecular flexibility index (Phi) is 6.12. The fourth-order valence-corrected chi connectivity index (χ4v) is 2.93. The van der Waals surface area contributed by atoms with Crippen LogP contribution in [0.4, 0.5) is 0 Å². The number of azide groups is 1. The SMILES string of the molecule is CC(C)C1CCCC(NCCN=[N+]=[N-])(C(N)=O)CC1. The lowest BCUT2D eigenvalue weighted by Crippen LogP contribution is -2.55. The molecule has 1 aliphatic rings. The third-order valence-electron chi connectivity index (χ3n) is 4.27. The minimum absolute atomic E-state index is 0.280. The molecule has 19 heavy (non-hydrogen) atoms. The van der Waals surface area contributed by atoms with Gasteiger partial charge in [-0.2, -0.15) is 0 Å². The number of carbonyl (C=O) groups excluding carboxylic acids is 1. The van der Waals surface area contributed by atoms with E-state index in [1.54, 1.807) is 0 Å². The van der Waals surface area contributed by atoms with Crippen LogP contribution in [0, 0.1) is 11.8 Å². The number of nitrogens with one attached hydrogen (secondary N) is 1. The summed E-state index contributed by atoms with van der Waals surface area (Å²) in [5.41, 5.74) is 13.2. The fourth-order valence-electron chi connectivity index (χ4n) is 2.93. The maximum Gasteiger partial charge on any atom is 0.237 e. The van der Waals surface area contributed by atoms with E-state index >= 15 is 0 Å². The molecule has 0 aromatic heterocycles. The molecule has 1 saturated carbocycles. The third-order valence-corrected chi connectivity index (χ3v) is 4.27. The number of rotatable bonds is 6. The molecule has 6 nitrogen and oxygen atoms in total. The van der Waals surface area contributed by atoms with Crippen LogP contribution in [0.15, 0.2) is 5.11 Å². The van der Waals surface area contributed by atoms with Gasteiger partial charge in [0.2, 0.25) is 5.91 Å². The first-order chi connectivity index (χ1) is 9.02. The first-order valence-corrected chi connectivity index (χ1v) is 7.07. The Morgan fingerprint density at radius 2 is 2.26 bits per heavy atom. The monoisotopic (exact) mass is 267 g/mol. The van der Waals surface area contributed by atoms with Crippen molar-refractivity contribution < 1.29 is 4.79 Å². The lowest BCUT2D eigenvalue weighted by Gasteiger charge is -2.31. The fraction of sp³-hybridized carbons (Fsp3) is 0.923. The van der Waals surface area contributed by atoms with Crippen LogP contribution in [0.3, 0.4) is 0 Å². The number of carbonyl (C=O) groups is 1. The number of nitrogens with two attached hydrogens (primary N) is 1. The van der Waals surface area contributed by atoms with E-state index in [9.17, 15) is 4.79 Å². The van der Waals surface area contributed by atoms with Gasteiger partial charge in [0.05, 0.1) is 5.54 Å². The highest BCUT2D eigenvalue weighted by atomic mass is 16.1. The maximum absolute atomic E-state index is 11.8. The van der Waals surface area contributed by atoms with Crippen LogP contribution >= 0.6 is 0 Å². The molecule has 1 rings (SSSR count). The van der Waals surface area contributed by atoms with Gasteiger partial charge in [0.25, 0.3) is 0 Å². The summed E-state index contributed by atoms with van der Waals surface area (Å²) >= 11 is 0. The van der Waals surface area contributed by atoms with Gasteiger partial charge >= 0.3 is 0 Å². The molecule has 2 unspecified atom stereocenters. The van der Waals surface area contributed by atoms with E-state index in [-0.39, 0.29) is 5.91 Å². The molecule has 0 aliphatic heterocycles. The Morgan fingerprint density at radius 1 is 1.53 bits per heavy atom. The van der Waals surface area contributed by atoms with Crippen molar-refractivity contribution in [3.05, 3.63) is 10.4 Å². The van der Waals surface area contributed by atoms with Crippen LogP contribution in [0.25, 0.3) is 10.4 Å². The largest absolute Gasteiger partial charge is 0.368 e. The maximum atomic E-state index is 11.8. The Bertz CT molecular complexity index is 351. The lowest BCUT2D eigenvalue weighted by atomic mass is 9.86. The molecule has 0 spiro atoms. The van der Waals surface area contributed by atoms with E-state index in [1.807, 2.05) is 0 Å². The summed E-state index contributed by atoms with van der Waals surface area (Å²) in [5.74, 6) is 1.03. The zero-order valence-electron chi connectivity index (χ0n) is 11.9. The van der Waals surface area contributed by atoms with Crippen molar-refractivity contribution >= 4 is 5.91 Å². The van der Waals surface area contributed by atoms with E-state index in [2.05, 4.69) is 29.2 Å². The molecule has 1 aliphatic carbocycles. The molecule has 0 saturated heterocycles. The average Bonchev–Trinajstić information content (AvgIpc) is 2.58. The summed E-state index contributed by atoms with van der Waals surface area (Å²) in [6, 6.07) is 0. The Hall–Kier alpha value is -1.26. The van der Waals surface area contributed by atoms with Crippen LogP contribution < -0.4 is 11.1 Å². The van der Waals surface area contributed by atoms with Crippen molar-refractivity contribution in [2.24, 2.45) is 22.7 Å². The Balaban J connectivity index is 2.65. The highest BCUT2D eigenvalue weighted by Crippen LogP contribution is 2.33. The van der Waals surface area contributed by atoms with Crippen molar-refractivity contribution in [3.8, 4) is 0 Å². The number of primary amides is 1. The predicted octanol–water partition coefficient (Wildman–Crippen LogP) is 2.35. The summed E-state index contributed by atoms with van der Waals surface area (Å²) in [7, 11) is 0. The van der Waals surface area contributed by atoms with Gasteiger partial charge in [-0.05, 0) is 36.6 Å². The Morgan fingerprint density at radius 3 is 2.84 bits per heavy atom. The van der Waals surface area contributed by atoms with Gasteiger partial charge in [-0.25, -0.2) is 0 Å². The molecule has 0 bridgehead atoms. The highest BCUT2D eigenvalue weighted by molar-refractivity contribution is 5.84. The van der Waals surface area contributed by atoms with Crippen LogP contribution in [-0.2, 0) is 4.79 Å². The van der Waals surface area contributed by atoms with Crippen molar-refractivity contribution in [3.63, 3.8) is 0 Å². The van der Waals surface area contributed by atoms with Gasteiger partial charge < -0.3 is 11.1 Å². The molecule has 2 atom stereocenters. The standard InChI is InChI=1S/C13H25N5O/c1-10(2)11-4-3-6-13(7-5-11,12(14)19)16-8-9-17-18-15/h10-11,16H,3-9H2,1-2H3,(H2,14,19). The van der Waals surface area contributed by atoms with Crippen LogP contribution in [0.2, 0.25) is 0 Å². The number of hydrogen-bond acceptors (Lipinski definition) is 3. The van der Waals surface area contributed by atoms with Crippen molar-refractivity contribution in [2.45, 2.75) is 51.5 Å². The second-order valence-corrected chi connectivity index (χ2v) is 5.76. The van der Waals surface area contributed by atoms with E-state index in [4.69, 9.17) is 11.3 Å². The molecule has 108 valence electrons. The summed E-state index contributed by atoms with van der Waals surface area (Å²) in [4.78, 5) is 14.5. The van der Waals surface area contributed by atoms with Crippen molar-refractivity contribution in [2.75, 3.05) is 13.1 Å². The zero-order chi connectivity index (χ0) is 14.3. The minimum Gasteiger partial charge on any atom is -0.368 e. The molecular weight excluding hydrogens is 242 g/mol. The topological polar surface area (TPSA) is 104 Å². The molecule has 3 N–H and O–H groups in total. The van der Waals surface area contributed by atoms with Crippen molar-refractivity contribution in [1.29, 1.82) is 0 Å². The van der Waals surface area contributed by atoms with Gasteiger partial charge in [0.15, 0.2) is 0 Å². The summed E-state index contributed by atoms with van der Waals surface area (Å²) in [6.45, 7) is 5.31. The average molecular weight is 267 g/mol. The lowest BCUT2D eigenvalue weighted by molar-refractivity contribution is -0.125. The zero-order valence-corrected chi connectivity index (χ0v) is 11.9. The third kappa shape index (κ3) is 4.40. The summed E-state index contributed by atoms with van der Waals surface area (Å²) < 4.78 is 0. The second-order valence-electron chi connectivity index (χ2n) is 5.76. The predicted molar refractivity (Wildman–Crippen MR) is 75.4 cm³/mol. The van der Waals surface area contributed by atoms with Gasteiger partial charge in [0, 0.05) is 18.0 Å². The molecule has 1 fully saturated rings. The molecule has 0 radical (unpaired) electrons. The molecule has 0 aromatic carbocycles. The van der Waals surface area contributed by atoms with Crippen molar-refractivity contribution in [1.82, 2.24) is 5.32 Å². The smallest absolute Gasteiger partial charge is 0.237 e. The van der Waals surface area contributed by atoms with Gasteiger partial charge in [-0.3, -0.25) is 4.79 Å². The number of amides is 1. The first kappa shape index (κ1) is 15.8. The molecule has 6 heteroatoms. The summed E-state index contributed by atoms with van der Waals surface area (Å²) in [6.07, 6.45) is 4.75. The molecule has 0 aromatic rings. The minimum atomic E-state index is -0.616. The van der Waals surface area contributed by atoms with E-state index in [0.717, 1.165) is 32.1 Å². The number of hydrogen-bond donors (Lipinski definition) is 2.